The zero-order valence-electron chi connectivity index (χ0n) is 5.69. The van der Waals surface area contributed by atoms with Crippen molar-refractivity contribution in [2.24, 2.45) is 17.1 Å². The third kappa shape index (κ3) is 0.700. The molecule has 2 fully saturated rings. The summed E-state index contributed by atoms with van der Waals surface area (Å²) in [6.45, 7) is 3.40. The lowest BCUT2D eigenvalue weighted by atomic mass is 9.96. The van der Waals surface area contributed by atoms with Crippen LogP contribution in [-0.4, -0.2) is 19.6 Å². The molecule has 1 aliphatic carbocycles. The summed E-state index contributed by atoms with van der Waals surface area (Å²) in [4.78, 5) is 0. The molecule has 0 aromatic rings. The summed E-state index contributed by atoms with van der Waals surface area (Å²) in [5.74, 6) is 0.976. The lowest BCUT2D eigenvalue weighted by Crippen LogP contribution is -2.45. The van der Waals surface area contributed by atoms with Crippen LogP contribution in [0, 0.1) is 11.3 Å². The predicted octanol–water partition coefficient (Wildman–Crippen LogP) is -0.0553. The summed E-state index contributed by atoms with van der Waals surface area (Å²) in [7, 11) is 0. The van der Waals surface area contributed by atoms with E-state index in [1.165, 1.54) is 25.9 Å². The summed E-state index contributed by atoms with van der Waals surface area (Å²) in [5.41, 5.74) is 6.20. The highest BCUT2D eigenvalue weighted by atomic mass is 15.0. The Hall–Kier alpha value is -0.0800. The fraction of sp³-hybridized carbons (Fsp3) is 1.00. The topological polar surface area (TPSA) is 38.0 Å². The third-order valence-electron chi connectivity index (χ3n) is 2.83. The Bertz CT molecular complexity index is 116. The number of hydrogen-bond acceptors (Lipinski definition) is 2. The van der Waals surface area contributed by atoms with Crippen LogP contribution >= 0.6 is 0 Å². The summed E-state index contributed by atoms with van der Waals surface area (Å²) < 4.78 is 0. The first kappa shape index (κ1) is 5.69. The van der Waals surface area contributed by atoms with Gasteiger partial charge in [-0.05, 0) is 30.7 Å². The highest BCUT2D eigenvalue weighted by Gasteiger charge is 2.56. The number of rotatable bonds is 2. The molecule has 9 heavy (non-hydrogen) atoms. The minimum absolute atomic E-state index is 0.749. The van der Waals surface area contributed by atoms with E-state index in [9.17, 15) is 0 Å². The van der Waals surface area contributed by atoms with Gasteiger partial charge in [0.2, 0.25) is 0 Å². The third-order valence-corrected chi connectivity index (χ3v) is 2.83. The molecule has 1 aliphatic heterocycles. The normalized spacial score (nSPS) is 36.3. The second-order valence-electron chi connectivity index (χ2n) is 3.44. The molecule has 0 aromatic carbocycles. The van der Waals surface area contributed by atoms with Crippen LogP contribution in [0.5, 0.6) is 0 Å². The van der Waals surface area contributed by atoms with Crippen LogP contribution in [0.25, 0.3) is 0 Å². The van der Waals surface area contributed by atoms with Gasteiger partial charge in [0.1, 0.15) is 0 Å². The largest absolute Gasteiger partial charge is 0.330 e. The molecule has 0 radical (unpaired) electrons. The molecule has 2 nitrogen and oxygen atoms in total. The predicted molar refractivity (Wildman–Crippen MR) is 37.1 cm³/mol. The van der Waals surface area contributed by atoms with Gasteiger partial charge in [-0.15, -0.1) is 0 Å². The molecule has 2 heteroatoms. The zero-order chi connectivity index (χ0) is 6.32. The molecule has 1 saturated carbocycles. The molecule has 2 aliphatic rings. The Balaban J connectivity index is 1.80. The first-order valence-electron chi connectivity index (χ1n) is 3.78. The van der Waals surface area contributed by atoms with Crippen LogP contribution in [0.1, 0.15) is 12.8 Å². The van der Waals surface area contributed by atoms with E-state index in [-0.39, 0.29) is 0 Å². The van der Waals surface area contributed by atoms with Crippen molar-refractivity contribution in [3.05, 3.63) is 0 Å². The van der Waals surface area contributed by atoms with Crippen LogP contribution in [-0.2, 0) is 0 Å². The van der Waals surface area contributed by atoms with Gasteiger partial charge in [-0.3, -0.25) is 0 Å². The van der Waals surface area contributed by atoms with Crippen LogP contribution < -0.4 is 11.1 Å². The fourth-order valence-electron chi connectivity index (χ4n) is 1.92. The molecule has 2 rings (SSSR count). The quantitative estimate of drug-likeness (QED) is 0.544. The smallest absolute Gasteiger partial charge is 0.00230 e. The van der Waals surface area contributed by atoms with Crippen molar-refractivity contribution in [3.63, 3.8) is 0 Å². The zero-order valence-corrected chi connectivity index (χ0v) is 5.69. The molecule has 0 bridgehead atoms. The first-order chi connectivity index (χ1) is 4.37. The molecular formula is C7H14N2. The number of nitrogens with two attached hydrogens (primary N) is 1. The molecule has 0 amide bonds. The average molecular weight is 126 g/mol. The summed E-state index contributed by atoms with van der Waals surface area (Å²) in [5, 5.41) is 3.31. The monoisotopic (exact) mass is 126 g/mol. The minimum atomic E-state index is 0.749. The van der Waals surface area contributed by atoms with Gasteiger partial charge in [-0.2, -0.15) is 0 Å². The maximum Gasteiger partial charge on any atom is 0.00230 e. The van der Waals surface area contributed by atoms with Gasteiger partial charge in [-0.1, -0.05) is 0 Å². The van der Waals surface area contributed by atoms with Crippen LogP contribution in [0.4, 0.5) is 0 Å². The molecule has 1 heterocycles. The van der Waals surface area contributed by atoms with Crippen molar-refractivity contribution in [1.29, 1.82) is 0 Å². The van der Waals surface area contributed by atoms with Crippen molar-refractivity contribution in [3.8, 4) is 0 Å². The van der Waals surface area contributed by atoms with E-state index in [0.717, 1.165) is 17.9 Å². The Morgan fingerprint density at radius 2 is 2.33 bits per heavy atom. The lowest BCUT2D eigenvalue weighted by Gasteiger charge is -2.28. The van der Waals surface area contributed by atoms with Gasteiger partial charge in [-0.25, -0.2) is 0 Å². The first-order valence-corrected chi connectivity index (χ1v) is 3.78. The molecule has 1 atom stereocenters. The Morgan fingerprint density at radius 3 is 2.67 bits per heavy atom. The van der Waals surface area contributed by atoms with Gasteiger partial charge < -0.3 is 11.1 Å². The number of nitrogens with one attached hydrogen (secondary N) is 1. The van der Waals surface area contributed by atoms with Gasteiger partial charge in [0.15, 0.2) is 0 Å². The second kappa shape index (κ2) is 1.70. The Labute approximate surface area is 55.8 Å². The van der Waals surface area contributed by atoms with E-state index in [0.29, 0.717) is 0 Å². The lowest BCUT2D eigenvalue weighted by molar-refractivity contribution is 0.288. The van der Waals surface area contributed by atoms with Crippen molar-refractivity contribution >= 4 is 0 Å². The van der Waals surface area contributed by atoms with Gasteiger partial charge in [0.25, 0.3) is 0 Å². The van der Waals surface area contributed by atoms with Crippen molar-refractivity contribution in [1.82, 2.24) is 5.32 Å². The molecule has 1 unspecified atom stereocenters. The minimum Gasteiger partial charge on any atom is -0.330 e. The molecular weight excluding hydrogens is 112 g/mol. The maximum absolute atomic E-state index is 5.45. The van der Waals surface area contributed by atoms with Crippen molar-refractivity contribution in [2.45, 2.75) is 12.8 Å². The van der Waals surface area contributed by atoms with E-state index in [1.54, 1.807) is 0 Å². The average Bonchev–Trinajstić information content (AvgIpc) is 2.41. The molecule has 1 spiro atoms. The van der Waals surface area contributed by atoms with Crippen LogP contribution in [0.2, 0.25) is 0 Å². The van der Waals surface area contributed by atoms with E-state index in [2.05, 4.69) is 5.32 Å². The fourth-order valence-corrected chi connectivity index (χ4v) is 1.92. The SMILES string of the molecule is NCCC1CC12CNC2. The number of hydrogen-bond donors (Lipinski definition) is 2. The van der Waals surface area contributed by atoms with E-state index >= 15 is 0 Å². The van der Waals surface area contributed by atoms with E-state index in [1.807, 2.05) is 0 Å². The Morgan fingerprint density at radius 1 is 1.56 bits per heavy atom. The van der Waals surface area contributed by atoms with Gasteiger partial charge in [0.05, 0.1) is 0 Å². The van der Waals surface area contributed by atoms with E-state index < -0.39 is 0 Å². The molecule has 3 N–H and O–H groups in total. The van der Waals surface area contributed by atoms with E-state index in [4.69, 9.17) is 5.73 Å². The van der Waals surface area contributed by atoms with Gasteiger partial charge >= 0.3 is 0 Å². The summed E-state index contributed by atoms with van der Waals surface area (Å²) in [6, 6.07) is 0. The highest BCUT2D eigenvalue weighted by Crippen LogP contribution is 2.56. The maximum atomic E-state index is 5.45. The summed E-state index contributed by atoms with van der Waals surface area (Å²) in [6.07, 6.45) is 2.69. The molecule has 0 aromatic heterocycles. The highest BCUT2D eigenvalue weighted by molar-refractivity contribution is 5.10. The second-order valence-corrected chi connectivity index (χ2v) is 3.44. The molecule has 52 valence electrons. The standard InChI is InChI=1S/C7H14N2/c8-2-1-6-3-7(6)4-9-5-7/h6,9H,1-5,8H2. The van der Waals surface area contributed by atoms with Gasteiger partial charge in [0, 0.05) is 13.1 Å². The van der Waals surface area contributed by atoms with Crippen LogP contribution in [0.15, 0.2) is 0 Å². The van der Waals surface area contributed by atoms with Crippen molar-refractivity contribution in [2.75, 3.05) is 19.6 Å². The van der Waals surface area contributed by atoms with Crippen LogP contribution in [0.3, 0.4) is 0 Å². The molecule has 1 saturated heterocycles. The van der Waals surface area contributed by atoms with Crippen molar-refractivity contribution < 1.29 is 0 Å². The Kier molecular flexibility index (Phi) is 1.08. The summed E-state index contributed by atoms with van der Waals surface area (Å²) >= 11 is 0.